The molecule has 0 saturated heterocycles. The van der Waals surface area contributed by atoms with Crippen LogP contribution in [0.25, 0.3) is 0 Å². The monoisotopic (exact) mass is 387 g/mol. The highest BCUT2D eigenvalue weighted by Crippen LogP contribution is 2.25. The van der Waals surface area contributed by atoms with Crippen molar-refractivity contribution in [2.75, 3.05) is 25.0 Å². The van der Waals surface area contributed by atoms with Crippen molar-refractivity contribution in [3.8, 4) is 0 Å². The van der Waals surface area contributed by atoms with Gasteiger partial charge in [0.05, 0.1) is 6.54 Å². The van der Waals surface area contributed by atoms with Crippen LogP contribution in [0.5, 0.6) is 0 Å². The number of nitrogens with zero attached hydrogens (tertiary/aromatic N) is 1. The molecule has 0 bridgehead atoms. The van der Waals surface area contributed by atoms with Gasteiger partial charge < -0.3 is 10.6 Å². The SMILES string of the molecule is CCNC(=O)CN(CC)[C@@H](C(=O)Nc1ccc(C)c(Cl)c1)c1ccccc1. The van der Waals surface area contributed by atoms with Gasteiger partial charge in [-0.15, -0.1) is 0 Å². The lowest BCUT2D eigenvalue weighted by molar-refractivity contribution is -0.126. The fourth-order valence-electron chi connectivity index (χ4n) is 2.87. The van der Waals surface area contributed by atoms with Gasteiger partial charge in [0.2, 0.25) is 11.8 Å². The van der Waals surface area contributed by atoms with Crippen molar-refractivity contribution in [3.63, 3.8) is 0 Å². The van der Waals surface area contributed by atoms with E-state index >= 15 is 0 Å². The van der Waals surface area contributed by atoms with Crippen LogP contribution >= 0.6 is 11.6 Å². The van der Waals surface area contributed by atoms with E-state index in [2.05, 4.69) is 10.6 Å². The maximum absolute atomic E-state index is 13.1. The molecule has 0 fully saturated rings. The Hall–Kier alpha value is -2.37. The molecule has 0 unspecified atom stereocenters. The molecule has 0 heterocycles. The molecular formula is C21H26ClN3O2. The maximum Gasteiger partial charge on any atom is 0.246 e. The van der Waals surface area contributed by atoms with E-state index in [0.29, 0.717) is 23.8 Å². The first-order valence-corrected chi connectivity index (χ1v) is 9.46. The Morgan fingerprint density at radius 1 is 1.11 bits per heavy atom. The Kier molecular flexibility index (Phi) is 7.82. The summed E-state index contributed by atoms with van der Waals surface area (Å²) in [7, 11) is 0. The Morgan fingerprint density at radius 3 is 2.41 bits per heavy atom. The number of nitrogens with one attached hydrogen (secondary N) is 2. The van der Waals surface area contributed by atoms with Crippen LogP contribution < -0.4 is 10.6 Å². The van der Waals surface area contributed by atoms with E-state index in [1.165, 1.54) is 0 Å². The first-order valence-electron chi connectivity index (χ1n) is 9.09. The molecule has 0 aliphatic carbocycles. The van der Waals surface area contributed by atoms with Gasteiger partial charge in [0.1, 0.15) is 6.04 Å². The van der Waals surface area contributed by atoms with Crippen molar-refractivity contribution in [2.24, 2.45) is 0 Å². The van der Waals surface area contributed by atoms with Crippen molar-refractivity contribution in [1.29, 1.82) is 0 Å². The van der Waals surface area contributed by atoms with E-state index in [-0.39, 0.29) is 18.4 Å². The minimum Gasteiger partial charge on any atom is -0.355 e. The van der Waals surface area contributed by atoms with Gasteiger partial charge >= 0.3 is 0 Å². The highest BCUT2D eigenvalue weighted by atomic mass is 35.5. The van der Waals surface area contributed by atoms with Crippen LogP contribution in [0.15, 0.2) is 48.5 Å². The summed E-state index contributed by atoms with van der Waals surface area (Å²) in [5, 5.41) is 6.32. The summed E-state index contributed by atoms with van der Waals surface area (Å²) in [6.07, 6.45) is 0. The number of likely N-dealkylation sites (N-methyl/N-ethyl adjacent to an activating group) is 2. The Morgan fingerprint density at radius 2 is 1.81 bits per heavy atom. The molecule has 27 heavy (non-hydrogen) atoms. The van der Waals surface area contributed by atoms with Crippen LogP contribution in [0.2, 0.25) is 5.02 Å². The Labute approximate surface area is 165 Å². The van der Waals surface area contributed by atoms with E-state index in [1.54, 1.807) is 6.07 Å². The zero-order valence-electron chi connectivity index (χ0n) is 16.0. The maximum atomic E-state index is 13.1. The summed E-state index contributed by atoms with van der Waals surface area (Å²) < 4.78 is 0. The molecule has 1 atom stereocenters. The van der Waals surface area contributed by atoms with E-state index in [1.807, 2.05) is 68.1 Å². The minimum absolute atomic E-state index is 0.105. The van der Waals surface area contributed by atoms with Gasteiger partial charge in [-0.25, -0.2) is 0 Å². The van der Waals surface area contributed by atoms with Gasteiger partial charge in [0.25, 0.3) is 0 Å². The second kappa shape index (κ2) is 10.1. The number of carbonyl (C=O) groups is 2. The number of hydrogen-bond acceptors (Lipinski definition) is 3. The third-order valence-corrected chi connectivity index (χ3v) is 4.70. The van der Waals surface area contributed by atoms with Gasteiger partial charge in [-0.3, -0.25) is 14.5 Å². The highest BCUT2D eigenvalue weighted by molar-refractivity contribution is 6.31. The van der Waals surface area contributed by atoms with Crippen LogP contribution in [0, 0.1) is 6.92 Å². The summed E-state index contributed by atoms with van der Waals surface area (Å²) in [5.41, 5.74) is 2.41. The molecule has 2 N–H and O–H groups in total. The third kappa shape index (κ3) is 5.81. The standard InChI is InChI=1S/C21H26ClN3O2/c1-4-23-19(26)14-25(5-2)20(16-9-7-6-8-10-16)21(27)24-17-12-11-15(3)18(22)13-17/h6-13,20H,4-5,14H2,1-3H3,(H,23,26)(H,24,27)/t20-/m1/s1. The molecule has 144 valence electrons. The summed E-state index contributed by atoms with van der Waals surface area (Å²) in [6.45, 7) is 6.97. The lowest BCUT2D eigenvalue weighted by Crippen LogP contribution is -2.43. The molecule has 2 rings (SSSR count). The number of rotatable bonds is 8. The zero-order valence-corrected chi connectivity index (χ0v) is 16.7. The number of amides is 2. The van der Waals surface area contributed by atoms with Crippen LogP contribution in [-0.4, -0.2) is 36.3 Å². The molecule has 2 amide bonds. The van der Waals surface area contributed by atoms with Crippen LogP contribution in [-0.2, 0) is 9.59 Å². The topological polar surface area (TPSA) is 61.4 Å². The number of anilines is 1. The van der Waals surface area contributed by atoms with E-state index in [9.17, 15) is 9.59 Å². The first kappa shape index (κ1) is 20.9. The molecule has 0 radical (unpaired) electrons. The van der Waals surface area contributed by atoms with Crippen molar-refractivity contribution < 1.29 is 9.59 Å². The number of halogens is 1. The molecule has 5 nitrogen and oxygen atoms in total. The zero-order chi connectivity index (χ0) is 19.8. The number of aryl methyl sites for hydroxylation is 1. The largest absolute Gasteiger partial charge is 0.355 e. The smallest absolute Gasteiger partial charge is 0.246 e. The fourth-order valence-corrected chi connectivity index (χ4v) is 3.05. The molecule has 2 aromatic carbocycles. The lowest BCUT2D eigenvalue weighted by Gasteiger charge is -2.29. The molecule has 0 aliphatic rings. The number of carbonyl (C=O) groups excluding carboxylic acids is 2. The molecule has 2 aromatic rings. The van der Waals surface area contributed by atoms with Crippen LogP contribution in [0.1, 0.15) is 31.0 Å². The average Bonchev–Trinajstić information content (AvgIpc) is 2.65. The van der Waals surface area contributed by atoms with Gasteiger partial charge in [0.15, 0.2) is 0 Å². The first-order chi connectivity index (χ1) is 13.0. The predicted molar refractivity (Wildman–Crippen MR) is 110 cm³/mol. The highest BCUT2D eigenvalue weighted by Gasteiger charge is 2.28. The van der Waals surface area contributed by atoms with E-state index in [4.69, 9.17) is 11.6 Å². The quantitative estimate of drug-likeness (QED) is 0.724. The van der Waals surface area contributed by atoms with E-state index in [0.717, 1.165) is 11.1 Å². The average molecular weight is 388 g/mol. The molecule has 0 spiro atoms. The summed E-state index contributed by atoms with van der Waals surface area (Å²) >= 11 is 6.17. The summed E-state index contributed by atoms with van der Waals surface area (Å²) in [5.74, 6) is -0.307. The molecule has 0 aromatic heterocycles. The second-order valence-electron chi connectivity index (χ2n) is 6.28. The molecule has 0 aliphatic heterocycles. The van der Waals surface area contributed by atoms with Crippen molar-refractivity contribution >= 4 is 29.1 Å². The van der Waals surface area contributed by atoms with Gasteiger partial charge in [-0.1, -0.05) is 54.9 Å². The predicted octanol–water partition coefficient (Wildman–Crippen LogP) is 3.79. The molecule has 6 heteroatoms. The Bertz CT molecular complexity index is 780. The van der Waals surface area contributed by atoms with Gasteiger partial charge in [0, 0.05) is 17.3 Å². The van der Waals surface area contributed by atoms with Gasteiger partial charge in [-0.05, 0) is 43.7 Å². The van der Waals surface area contributed by atoms with Crippen molar-refractivity contribution in [2.45, 2.75) is 26.8 Å². The van der Waals surface area contributed by atoms with Crippen LogP contribution in [0.3, 0.4) is 0 Å². The second-order valence-corrected chi connectivity index (χ2v) is 6.69. The third-order valence-electron chi connectivity index (χ3n) is 4.30. The summed E-state index contributed by atoms with van der Waals surface area (Å²) in [4.78, 5) is 27.1. The lowest BCUT2D eigenvalue weighted by atomic mass is 10.0. The minimum atomic E-state index is -0.584. The number of benzene rings is 2. The normalized spacial score (nSPS) is 11.9. The van der Waals surface area contributed by atoms with Crippen molar-refractivity contribution in [1.82, 2.24) is 10.2 Å². The molecular weight excluding hydrogens is 362 g/mol. The number of hydrogen-bond donors (Lipinski definition) is 2. The van der Waals surface area contributed by atoms with E-state index < -0.39 is 6.04 Å². The van der Waals surface area contributed by atoms with Crippen molar-refractivity contribution in [3.05, 3.63) is 64.7 Å². The Balaban J connectivity index is 2.29. The van der Waals surface area contributed by atoms with Crippen LogP contribution in [0.4, 0.5) is 5.69 Å². The fraction of sp³-hybridized carbons (Fsp3) is 0.333. The molecule has 0 saturated carbocycles. The summed E-state index contributed by atoms with van der Waals surface area (Å²) in [6, 6.07) is 14.3. The van der Waals surface area contributed by atoms with Gasteiger partial charge in [-0.2, -0.15) is 0 Å².